The Kier molecular flexibility index (Phi) is 7.48. The molecular weight excluding hydrogens is 451 g/mol. The largest absolute Gasteiger partial charge is 0.473 e. The molecule has 0 unspecified atom stereocenters. The summed E-state index contributed by atoms with van der Waals surface area (Å²) in [4.78, 5) is 26.9. The van der Waals surface area contributed by atoms with Crippen LogP contribution in [0.25, 0.3) is 0 Å². The zero-order valence-electron chi connectivity index (χ0n) is 16.9. The molecule has 2 aromatic carbocycles. The molecule has 0 aromatic heterocycles. The molecule has 1 fully saturated rings. The third kappa shape index (κ3) is 6.05. The van der Waals surface area contributed by atoms with Crippen molar-refractivity contribution in [2.24, 2.45) is 0 Å². The van der Waals surface area contributed by atoms with Crippen LogP contribution in [0.2, 0.25) is 5.02 Å². The number of amides is 1. The van der Waals surface area contributed by atoms with Crippen LogP contribution in [0.5, 0.6) is 5.75 Å². The van der Waals surface area contributed by atoms with Crippen molar-refractivity contribution in [2.45, 2.75) is 25.3 Å². The van der Waals surface area contributed by atoms with E-state index in [-0.39, 0.29) is 16.3 Å². The van der Waals surface area contributed by atoms with Crippen LogP contribution in [0.4, 0.5) is 13.2 Å². The van der Waals surface area contributed by atoms with Gasteiger partial charge in [-0.25, -0.2) is 4.79 Å². The SMILES string of the molecule is C[C@H](OC(=O)[C@H](Oc1cccc(C(F)(F)F)c1)c1c#cc(Cl)cc1)C(=O)N1CCOCC1. The zero-order valence-corrected chi connectivity index (χ0v) is 17.7. The maximum Gasteiger partial charge on any atom is 0.416 e. The second-order valence-corrected chi connectivity index (χ2v) is 7.33. The van der Waals surface area contributed by atoms with Gasteiger partial charge in [-0.3, -0.25) is 4.79 Å². The van der Waals surface area contributed by atoms with Gasteiger partial charge in [-0.05, 0) is 43.3 Å². The van der Waals surface area contributed by atoms with Crippen LogP contribution >= 0.6 is 11.6 Å². The van der Waals surface area contributed by atoms with Gasteiger partial charge in [0.15, 0.2) is 6.10 Å². The van der Waals surface area contributed by atoms with Gasteiger partial charge >= 0.3 is 12.1 Å². The highest BCUT2D eigenvalue weighted by atomic mass is 35.5. The van der Waals surface area contributed by atoms with Gasteiger partial charge < -0.3 is 19.1 Å². The Morgan fingerprint density at radius 2 is 1.88 bits per heavy atom. The van der Waals surface area contributed by atoms with Gasteiger partial charge in [0.1, 0.15) is 5.75 Å². The average Bonchev–Trinajstić information content (AvgIpc) is 2.78. The van der Waals surface area contributed by atoms with Crippen molar-refractivity contribution < 1.29 is 37.0 Å². The lowest BCUT2D eigenvalue weighted by molar-refractivity contribution is -0.166. The van der Waals surface area contributed by atoms with Gasteiger partial charge in [-0.1, -0.05) is 23.7 Å². The first kappa shape index (κ1) is 23.7. The molecule has 0 radical (unpaired) electrons. The number of hydrogen-bond acceptors (Lipinski definition) is 5. The van der Waals surface area contributed by atoms with Gasteiger partial charge in [0.2, 0.25) is 6.10 Å². The highest BCUT2D eigenvalue weighted by Crippen LogP contribution is 2.33. The van der Waals surface area contributed by atoms with Crippen LogP contribution in [0.15, 0.2) is 36.4 Å². The first-order valence-electron chi connectivity index (χ1n) is 9.65. The molecule has 32 heavy (non-hydrogen) atoms. The fourth-order valence-electron chi connectivity index (χ4n) is 2.98. The molecule has 0 aliphatic carbocycles. The van der Waals surface area contributed by atoms with E-state index in [1.807, 2.05) is 0 Å². The molecule has 170 valence electrons. The van der Waals surface area contributed by atoms with Crippen molar-refractivity contribution in [3.8, 4) is 5.75 Å². The van der Waals surface area contributed by atoms with Crippen LogP contribution in [-0.2, 0) is 25.2 Å². The van der Waals surface area contributed by atoms with E-state index in [1.54, 1.807) is 0 Å². The topological polar surface area (TPSA) is 65.1 Å². The predicted octanol–water partition coefficient (Wildman–Crippen LogP) is 3.87. The molecule has 2 aromatic rings. The third-order valence-electron chi connectivity index (χ3n) is 4.61. The van der Waals surface area contributed by atoms with Gasteiger partial charge in [0, 0.05) is 13.1 Å². The Morgan fingerprint density at radius 1 is 1.16 bits per heavy atom. The molecule has 3 rings (SSSR count). The molecule has 1 saturated heterocycles. The predicted molar refractivity (Wildman–Crippen MR) is 107 cm³/mol. The van der Waals surface area contributed by atoms with E-state index < -0.39 is 35.8 Å². The molecule has 1 aliphatic heterocycles. The van der Waals surface area contributed by atoms with Crippen LogP contribution in [-0.4, -0.2) is 49.2 Å². The standard InChI is InChI=1S/C22H19ClF3NO5/c1-14(20(28)27-9-11-30-12-10-27)31-21(29)19(15-5-7-17(23)8-6-15)32-18-4-2-3-16(13-18)22(24,25)26/h2-5,7,13-14,19H,9-12H2,1H3/t14-,19+/m0/s1. The van der Waals surface area contributed by atoms with E-state index in [4.69, 9.17) is 25.8 Å². The third-order valence-corrected chi connectivity index (χ3v) is 4.83. The zero-order chi connectivity index (χ0) is 23.3. The number of alkyl halides is 3. The molecule has 0 saturated carbocycles. The maximum absolute atomic E-state index is 13.0. The number of rotatable bonds is 6. The van der Waals surface area contributed by atoms with Crippen LogP contribution in [0.3, 0.4) is 0 Å². The Hall–Kier alpha value is -2.96. The number of esters is 1. The van der Waals surface area contributed by atoms with Crippen LogP contribution in [0, 0.1) is 12.1 Å². The molecular formula is C22H19ClF3NO5. The Bertz CT molecular complexity index is 945. The number of halogens is 4. The van der Waals surface area contributed by atoms with Crippen molar-refractivity contribution in [1.82, 2.24) is 4.90 Å². The van der Waals surface area contributed by atoms with Gasteiger partial charge in [0.25, 0.3) is 5.91 Å². The lowest BCUT2D eigenvalue weighted by Gasteiger charge is -2.29. The van der Waals surface area contributed by atoms with E-state index in [9.17, 15) is 22.8 Å². The van der Waals surface area contributed by atoms with Gasteiger partial charge in [-0.15, -0.1) is 0 Å². The van der Waals surface area contributed by atoms with Crippen LogP contribution < -0.4 is 4.74 Å². The summed E-state index contributed by atoms with van der Waals surface area (Å²) < 4.78 is 55.2. The molecule has 0 bridgehead atoms. The van der Waals surface area contributed by atoms with E-state index in [0.717, 1.165) is 18.2 Å². The van der Waals surface area contributed by atoms with Gasteiger partial charge in [-0.2, -0.15) is 13.2 Å². The molecule has 1 heterocycles. The second-order valence-electron chi connectivity index (χ2n) is 6.93. The van der Waals surface area contributed by atoms with Crippen molar-refractivity contribution in [3.05, 3.63) is 64.7 Å². The minimum absolute atomic E-state index is 0.128. The Balaban J connectivity index is 1.80. The van der Waals surface area contributed by atoms with E-state index >= 15 is 0 Å². The fraction of sp³-hybridized carbons (Fsp3) is 0.364. The van der Waals surface area contributed by atoms with E-state index in [1.165, 1.54) is 30.0 Å². The smallest absolute Gasteiger partial charge is 0.416 e. The minimum Gasteiger partial charge on any atom is -0.473 e. The van der Waals surface area contributed by atoms with Gasteiger partial charge in [0.05, 0.1) is 29.4 Å². The van der Waals surface area contributed by atoms with Crippen molar-refractivity contribution in [1.29, 1.82) is 0 Å². The normalized spacial score (nSPS) is 16.0. The quantitative estimate of drug-likeness (QED) is 0.601. The summed E-state index contributed by atoms with van der Waals surface area (Å²) in [7, 11) is 0. The average molecular weight is 470 g/mol. The molecule has 10 heteroatoms. The summed E-state index contributed by atoms with van der Waals surface area (Å²) in [6, 6.07) is 12.1. The summed E-state index contributed by atoms with van der Waals surface area (Å²) in [5.41, 5.74) is -0.813. The fourth-order valence-corrected chi connectivity index (χ4v) is 3.09. The van der Waals surface area contributed by atoms with Crippen LogP contribution in [0.1, 0.15) is 24.2 Å². The summed E-state index contributed by atoms with van der Waals surface area (Å²) in [6.07, 6.45) is -7.22. The number of morpholine rings is 1. The maximum atomic E-state index is 13.0. The summed E-state index contributed by atoms with van der Waals surface area (Å²) in [5, 5.41) is 0.218. The first-order valence-corrected chi connectivity index (χ1v) is 10.0. The molecule has 2 atom stereocenters. The Morgan fingerprint density at radius 3 is 2.50 bits per heavy atom. The molecule has 6 nitrogen and oxygen atoms in total. The molecule has 1 amide bonds. The molecule has 0 spiro atoms. The van der Waals surface area contributed by atoms with Crippen molar-refractivity contribution in [2.75, 3.05) is 26.3 Å². The van der Waals surface area contributed by atoms with Crippen molar-refractivity contribution in [3.63, 3.8) is 0 Å². The summed E-state index contributed by atoms with van der Waals surface area (Å²) in [6.45, 7) is 2.90. The first-order chi connectivity index (χ1) is 15.1. The number of ether oxygens (including phenoxy) is 3. The highest BCUT2D eigenvalue weighted by Gasteiger charge is 2.33. The number of carbonyl (C=O) groups is 2. The van der Waals surface area contributed by atoms with Crippen molar-refractivity contribution >= 4 is 23.5 Å². The monoisotopic (exact) mass is 469 g/mol. The highest BCUT2D eigenvalue weighted by molar-refractivity contribution is 6.30. The minimum atomic E-state index is -4.59. The number of nitrogens with zero attached hydrogens (tertiary/aromatic N) is 1. The Labute approximate surface area is 187 Å². The van der Waals surface area contributed by atoms with E-state index in [2.05, 4.69) is 12.1 Å². The second kappa shape index (κ2) is 10.1. The number of carbonyl (C=O) groups excluding carboxylic acids is 2. The number of hydrogen-bond donors (Lipinski definition) is 0. The summed E-state index contributed by atoms with van der Waals surface area (Å²) in [5.74, 6) is -1.59. The lowest BCUT2D eigenvalue weighted by atomic mass is 10.1. The molecule has 0 N–H and O–H groups in total. The molecule has 1 aliphatic rings. The number of benzene rings is 1. The lowest BCUT2D eigenvalue weighted by Crippen LogP contribution is -2.46. The van der Waals surface area contributed by atoms with E-state index in [0.29, 0.717) is 26.3 Å². The summed E-state index contributed by atoms with van der Waals surface area (Å²) >= 11 is 5.81.